The molecule has 3 aromatic rings. The molecule has 33 heavy (non-hydrogen) atoms. The summed E-state index contributed by atoms with van der Waals surface area (Å²) in [4.78, 5) is 18.5. The molecule has 0 unspecified atom stereocenters. The van der Waals surface area contributed by atoms with Gasteiger partial charge in [0, 0.05) is 57.1 Å². The van der Waals surface area contributed by atoms with Gasteiger partial charge in [-0.25, -0.2) is 9.97 Å². The highest BCUT2D eigenvalue weighted by Crippen LogP contribution is 2.32. The van der Waals surface area contributed by atoms with Crippen LogP contribution >= 0.6 is 0 Å². The van der Waals surface area contributed by atoms with Gasteiger partial charge in [-0.05, 0) is 56.1 Å². The van der Waals surface area contributed by atoms with Crippen LogP contribution in [-0.2, 0) is 6.54 Å². The minimum Gasteiger partial charge on any atom is -0.493 e. The van der Waals surface area contributed by atoms with E-state index in [-0.39, 0.29) is 0 Å². The lowest BCUT2D eigenvalue weighted by Gasteiger charge is -2.33. The van der Waals surface area contributed by atoms with Crippen molar-refractivity contribution >= 4 is 5.82 Å². The normalized spacial score (nSPS) is 16.4. The Bertz CT molecular complexity index is 1060. The van der Waals surface area contributed by atoms with Crippen LogP contribution in [0.1, 0.15) is 36.9 Å². The molecule has 174 valence electrons. The molecule has 0 aliphatic carbocycles. The van der Waals surface area contributed by atoms with Crippen LogP contribution in [-0.4, -0.2) is 60.8 Å². The Kier molecular flexibility index (Phi) is 7.40. The molecule has 7 heteroatoms. The Morgan fingerprint density at radius 3 is 2.73 bits per heavy atom. The molecule has 1 aliphatic heterocycles. The minimum absolute atomic E-state index is 0.362. The smallest absolute Gasteiger partial charge is 0.163 e. The molecule has 0 radical (unpaired) electrons. The maximum atomic E-state index is 5.66. The number of piperidine rings is 1. The summed E-state index contributed by atoms with van der Waals surface area (Å²) in [5.74, 6) is 3.60. The summed E-state index contributed by atoms with van der Waals surface area (Å²) in [7, 11) is 5.73. The molecule has 0 spiro atoms. The maximum Gasteiger partial charge on any atom is 0.163 e. The van der Waals surface area contributed by atoms with Crippen molar-refractivity contribution in [3.8, 4) is 22.9 Å². The second-order valence-electron chi connectivity index (χ2n) is 8.60. The second-order valence-corrected chi connectivity index (χ2v) is 8.60. The van der Waals surface area contributed by atoms with E-state index >= 15 is 0 Å². The number of pyridine rings is 1. The molecule has 1 fully saturated rings. The molecule has 4 rings (SSSR count). The second kappa shape index (κ2) is 10.6. The van der Waals surface area contributed by atoms with Crippen molar-refractivity contribution in [2.45, 2.75) is 32.2 Å². The van der Waals surface area contributed by atoms with Crippen LogP contribution in [0.2, 0.25) is 0 Å². The summed E-state index contributed by atoms with van der Waals surface area (Å²) in [6.07, 6.45) is 5.86. The van der Waals surface area contributed by atoms with E-state index in [1.54, 1.807) is 13.3 Å². The number of likely N-dealkylation sites (tertiary alicyclic amines) is 1. The Hall–Kier alpha value is -3.19. The van der Waals surface area contributed by atoms with Crippen molar-refractivity contribution in [2.24, 2.45) is 0 Å². The molecule has 1 saturated heterocycles. The van der Waals surface area contributed by atoms with Crippen molar-refractivity contribution in [3.63, 3.8) is 0 Å². The average molecular weight is 448 g/mol. The van der Waals surface area contributed by atoms with E-state index < -0.39 is 0 Å². The lowest BCUT2D eigenvalue weighted by molar-refractivity contribution is 0.198. The maximum absolute atomic E-state index is 5.66. The minimum atomic E-state index is 0.362. The quantitative estimate of drug-likeness (QED) is 0.507. The number of hydrogen-bond donors (Lipinski definition) is 0. The number of benzene rings is 1. The lowest BCUT2D eigenvalue weighted by Crippen LogP contribution is -2.34. The monoisotopic (exact) mass is 447 g/mol. The third-order valence-electron chi connectivity index (χ3n) is 5.97. The molecule has 0 saturated carbocycles. The van der Waals surface area contributed by atoms with Gasteiger partial charge >= 0.3 is 0 Å². The van der Waals surface area contributed by atoms with E-state index in [1.165, 1.54) is 5.56 Å². The number of methoxy groups -OCH3 is 1. The summed E-state index contributed by atoms with van der Waals surface area (Å²) >= 11 is 0. The summed E-state index contributed by atoms with van der Waals surface area (Å²) in [5, 5.41) is 0. The molecule has 1 aliphatic rings. The van der Waals surface area contributed by atoms with Gasteiger partial charge in [0.1, 0.15) is 5.82 Å². The van der Waals surface area contributed by atoms with Crippen LogP contribution in [0.4, 0.5) is 5.82 Å². The molecule has 0 amide bonds. The highest BCUT2D eigenvalue weighted by molar-refractivity contribution is 5.57. The highest BCUT2D eigenvalue weighted by Gasteiger charge is 2.24. The molecule has 2 aromatic heterocycles. The molecular formula is C26H33N5O2. The molecular weight excluding hydrogens is 414 g/mol. The zero-order valence-electron chi connectivity index (χ0n) is 20.0. The van der Waals surface area contributed by atoms with Crippen molar-refractivity contribution in [2.75, 3.05) is 45.8 Å². The largest absolute Gasteiger partial charge is 0.493 e. The van der Waals surface area contributed by atoms with Crippen molar-refractivity contribution in [1.82, 2.24) is 19.9 Å². The first-order valence-corrected chi connectivity index (χ1v) is 11.6. The Labute approximate surface area is 196 Å². The summed E-state index contributed by atoms with van der Waals surface area (Å²) < 4.78 is 11.2. The molecule has 3 heterocycles. The van der Waals surface area contributed by atoms with Gasteiger partial charge in [0.15, 0.2) is 17.3 Å². The van der Waals surface area contributed by atoms with Crippen molar-refractivity contribution in [1.29, 1.82) is 0 Å². The van der Waals surface area contributed by atoms with Crippen LogP contribution < -0.4 is 14.4 Å². The number of anilines is 1. The fraction of sp³-hybridized carbons (Fsp3) is 0.423. The Morgan fingerprint density at radius 2 is 2.00 bits per heavy atom. The standard InChI is InChI=1S/C26H33N5O2/c1-5-33-23-11-10-19(14-24(23)32-4)17-31-13-7-9-21(18-31)22-15-25(30(2)3)29-26(28-22)20-8-6-12-27-16-20/h6,8,10-12,14-16,21H,5,7,9,13,17-18H2,1-4H3/t21-/m0/s1. The van der Waals surface area contributed by atoms with Gasteiger partial charge in [-0.2, -0.15) is 0 Å². The van der Waals surface area contributed by atoms with Gasteiger partial charge in [0.05, 0.1) is 19.4 Å². The fourth-order valence-corrected chi connectivity index (χ4v) is 4.30. The first-order chi connectivity index (χ1) is 16.1. The SMILES string of the molecule is CCOc1ccc(CN2CCC[C@H](c3cc(N(C)C)nc(-c4cccnc4)n3)C2)cc1OC. The fourth-order valence-electron chi connectivity index (χ4n) is 4.30. The summed E-state index contributed by atoms with van der Waals surface area (Å²) in [6, 6.07) is 12.3. The highest BCUT2D eigenvalue weighted by atomic mass is 16.5. The zero-order valence-corrected chi connectivity index (χ0v) is 20.0. The van der Waals surface area contributed by atoms with E-state index in [0.29, 0.717) is 12.5 Å². The van der Waals surface area contributed by atoms with E-state index in [0.717, 1.165) is 66.9 Å². The third-order valence-corrected chi connectivity index (χ3v) is 5.97. The van der Waals surface area contributed by atoms with Crippen molar-refractivity contribution in [3.05, 3.63) is 60.0 Å². The number of ether oxygens (including phenoxy) is 2. The summed E-state index contributed by atoms with van der Waals surface area (Å²) in [6.45, 7) is 5.52. The van der Waals surface area contributed by atoms with E-state index in [9.17, 15) is 0 Å². The number of nitrogens with zero attached hydrogens (tertiary/aromatic N) is 5. The molecule has 7 nitrogen and oxygen atoms in total. The topological polar surface area (TPSA) is 63.6 Å². The molecule has 0 bridgehead atoms. The molecule has 1 aromatic carbocycles. The van der Waals surface area contributed by atoms with Gasteiger partial charge in [-0.3, -0.25) is 9.88 Å². The first-order valence-electron chi connectivity index (χ1n) is 11.6. The van der Waals surface area contributed by atoms with Crippen LogP contribution in [0.5, 0.6) is 11.5 Å². The van der Waals surface area contributed by atoms with Gasteiger partial charge < -0.3 is 14.4 Å². The Morgan fingerprint density at radius 1 is 1.12 bits per heavy atom. The zero-order chi connectivity index (χ0) is 23.2. The molecule has 0 N–H and O–H groups in total. The van der Waals surface area contributed by atoms with Gasteiger partial charge in [-0.1, -0.05) is 6.07 Å². The number of rotatable bonds is 8. The van der Waals surface area contributed by atoms with Crippen LogP contribution in [0.3, 0.4) is 0 Å². The van der Waals surface area contributed by atoms with Gasteiger partial charge in [0.25, 0.3) is 0 Å². The van der Waals surface area contributed by atoms with Crippen LogP contribution in [0.15, 0.2) is 48.8 Å². The van der Waals surface area contributed by atoms with E-state index in [4.69, 9.17) is 19.4 Å². The van der Waals surface area contributed by atoms with Gasteiger partial charge in [0.2, 0.25) is 0 Å². The van der Waals surface area contributed by atoms with E-state index in [1.807, 2.05) is 50.3 Å². The first kappa shape index (κ1) is 23.0. The third kappa shape index (κ3) is 5.60. The van der Waals surface area contributed by atoms with Gasteiger partial charge in [-0.15, -0.1) is 0 Å². The lowest BCUT2D eigenvalue weighted by atomic mass is 9.94. The van der Waals surface area contributed by atoms with E-state index in [2.05, 4.69) is 28.1 Å². The van der Waals surface area contributed by atoms with Crippen molar-refractivity contribution < 1.29 is 9.47 Å². The summed E-state index contributed by atoms with van der Waals surface area (Å²) in [5.41, 5.74) is 3.27. The predicted octanol–water partition coefficient (Wildman–Crippen LogP) is 4.39. The Balaban J connectivity index is 1.54. The number of aromatic nitrogens is 3. The predicted molar refractivity (Wildman–Crippen MR) is 131 cm³/mol. The van der Waals surface area contributed by atoms with Crippen LogP contribution in [0, 0.1) is 0 Å². The average Bonchev–Trinajstić information content (AvgIpc) is 2.85. The number of hydrogen-bond acceptors (Lipinski definition) is 7. The van der Waals surface area contributed by atoms with Crippen LogP contribution in [0.25, 0.3) is 11.4 Å². The molecule has 1 atom stereocenters.